The monoisotopic (exact) mass is 136 g/mol. The summed E-state index contributed by atoms with van der Waals surface area (Å²) in [4.78, 5) is 10.8. The molecule has 0 N–H and O–H groups in total. The topological polar surface area (TPSA) is 17.1 Å². The van der Waals surface area contributed by atoms with Gasteiger partial charge in [0.15, 0.2) is 5.78 Å². The molecule has 0 saturated carbocycles. The van der Waals surface area contributed by atoms with Gasteiger partial charge in [0, 0.05) is 5.57 Å². The molecule has 0 heterocycles. The van der Waals surface area contributed by atoms with Gasteiger partial charge in [0.25, 0.3) is 0 Å². The predicted octanol–water partition coefficient (Wildman–Crippen LogP) is 2.24. The Balaban J connectivity index is 2.68. The lowest BCUT2D eigenvalue weighted by Crippen LogP contribution is -1.89. The van der Waals surface area contributed by atoms with Crippen LogP contribution >= 0.6 is 0 Å². The molecule has 1 aliphatic carbocycles. The fraction of sp³-hybridized carbons (Fsp3) is 0.444. The van der Waals surface area contributed by atoms with Crippen LogP contribution in [-0.2, 0) is 4.79 Å². The van der Waals surface area contributed by atoms with E-state index in [-0.39, 0.29) is 5.78 Å². The quantitative estimate of drug-likeness (QED) is 0.569. The molecule has 0 aromatic carbocycles. The fourth-order valence-corrected chi connectivity index (χ4v) is 1.07. The van der Waals surface area contributed by atoms with Gasteiger partial charge in [-0.05, 0) is 19.8 Å². The molecule has 1 nitrogen and oxygen atoms in total. The van der Waals surface area contributed by atoms with Crippen molar-refractivity contribution in [1.29, 1.82) is 0 Å². The second-order valence-electron chi connectivity index (χ2n) is 2.58. The van der Waals surface area contributed by atoms with Gasteiger partial charge in [-0.3, -0.25) is 4.79 Å². The largest absolute Gasteiger partial charge is 0.295 e. The fourth-order valence-electron chi connectivity index (χ4n) is 1.07. The summed E-state index contributed by atoms with van der Waals surface area (Å²) in [5.74, 6) is 0.184. The predicted molar refractivity (Wildman–Crippen MR) is 41.8 cm³/mol. The molecule has 1 heteroatoms. The van der Waals surface area contributed by atoms with E-state index in [1.807, 2.05) is 12.2 Å². The summed E-state index contributed by atoms with van der Waals surface area (Å²) in [6.07, 6.45) is 6.04. The van der Waals surface area contributed by atoms with Crippen LogP contribution in [0.5, 0.6) is 0 Å². The number of rotatable bonds is 2. The van der Waals surface area contributed by atoms with Crippen LogP contribution in [0.2, 0.25) is 0 Å². The highest BCUT2D eigenvalue weighted by atomic mass is 16.1. The molecular formula is C9H12O. The Hall–Kier alpha value is -0.850. The number of carbonyl (C=O) groups is 1. The Morgan fingerprint density at radius 3 is 2.70 bits per heavy atom. The molecule has 0 radical (unpaired) electrons. The Kier molecular flexibility index (Phi) is 2.05. The molecule has 0 atom stereocenters. The Morgan fingerprint density at radius 2 is 2.40 bits per heavy atom. The van der Waals surface area contributed by atoms with Gasteiger partial charge in [-0.25, -0.2) is 0 Å². The van der Waals surface area contributed by atoms with E-state index in [1.54, 1.807) is 6.92 Å². The average Bonchev–Trinajstić information content (AvgIpc) is 2.34. The number of ketones is 1. The van der Waals surface area contributed by atoms with E-state index in [0.717, 1.165) is 18.4 Å². The van der Waals surface area contributed by atoms with Crippen molar-refractivity contribution in [2.75, 3.05) is 0 Å². The van der Waals surface area contributed by atoms with Gasteiger partial charge in [-0.2, -0.15) is 0 Å². The van der Waals surface area contributed by atoms with Crippen LogP contribution in [0.1, 0.15) is 26.7 Å². The Bertz CT molecular complexity index is 209. The number of allylic oxidation sites excluding steroid dienone is 4. The van der Waals surface area contributed by atoms with Gasteiger partial charge in [0.1, 0.15) is 0 Å². The van der Waals surface area contributed by atoms with Crippen molar-refractivity contribution >= 4 is 5.78 Å². The first-order valence-corrected chi connectivity index (χ1v) is 3.64. The molecule has 10 heavy (non-hydrogen) atoms. The lowest BCUT2D eigenvalue weighted by molar-refractivity contribution is -0.113. The highest BCUT2D eigenvalue weighted by Gasteiger charge is 2.07. The second-order valence-corrected chi connectivity index (χ2v) is 2.58. The highest BCUT2D eigenvalue weighted by Crippen LogP contribution is 2.19. The molecular weight excluding hydrogens is 124 g/mol. The van der Waals surface area contributed by atoms with Crippen molar-refractivity contribution in [3.8, 4) is 0 Å². The van der Waals surface area contributed by atoms with Gasteiger partial charge in [0.05, 0.1) is 0 Å². The molecule has 0 fully saturated rings. The Morgan fingerprint density at radius 1 is 1.70 bits per heavy atom. The van der Waals surface area contributed by atoms with Crippen molar-refractivity contribution in [2.24, 2.45) is 0 Å². The zero-order chi connectivity index (χ0) is 7.56. The molecule has 0 amide bonds. The number of Topliss-reactive ketones (excluding diaryl/α,β-unsaturated/α-hetero) is 1. The minimum absolute atomic E-state index is 0.184. The summed E-state index contributed by atoms with van der Waals surface area (Å²) >= 11 is 0. The summed E-state index contributed by atoms with van der Waals surface area (Å²) in [6.45, 7) is 3.73. The summed E-state index contributed by atoms with van der Waals surface area (Å²) in [6, 6.07) is 0. The van der Waals surface area contributed by atoms with E-state index in [2.05, 4.69) is 6.92 Å². The molecule has 1 rings (SSSR count). The van der Waals surface area contributed by atoms with Gasteiger partial charge in [0.2, 0.25) is 0 Å². The van der Waals surface area contributed by atoms with E-state index >= 15 is 0 Å². The molecule has 54 valence electrons. The van der Waals surface area contributed by atoms with Crippen LogP contribution in [0.25, 0.3) is 0 Å². The van der Waals surface area contributed by atoms with Gasteiger partial charge < -0.3 is 0 Å². The van der Waals surface area contributed by atoms with Crippen LogP contribution < -0.4 is 0 Å². The van der Waals surface area contributed by atoms with Crippen LogP contribution in [0.4, 0.5) is 0 Å². The summed E-state index contributed by atoms with van der Waals surface area (Å²) in [7, 11) is 0. The number of carbonyl (C=O) groups excluding carboxylic acids is 1. The molecule has 0 saturated heterocycles. The van der Waals surface area contributed by atoms with Gasteiger partial charge >= 0.3 is 0 Å². The smallest absolute Gasteiger partial charge is 0.159 e. The molecule has 1 aliphatic rings. The van der Waals surface area contributed by atoms with Crippen LogP contribution in [0.3, 0.4) is 0 Å². The number of hydrogen-bond acceptors (Lipinski definition) is 1. The summed E-state index contributed by atoms with van der Waals surface area (Å²) < 4.78 is 0. The third kappa shape index (κ3) is 1.35. The summed E-state index contributed by atoms with van der Waals surface area (Å²) in [5, 5.41) is 0. The minimum atomic E-state index is 0.184. The average molecular weight is 136 g/mol. The van der Waals surface area contributed by atoms with Crippen molar-refractivity contribution in [1.82, 2.24) is 0 Å². The van der Waals surface area contributed by atoms with Crippen molar-refractivity contribution in [3.05, 3.63) is 23.3 Å². The maximum Gasteiger partial charge on any atom is 0.159 e. The Labute approximate surface area is 61.4 Å². The molecule has 0 aromatic rings. The SMILES string of the molecule is CCC1=CC(C(C)=O)=CC1. The first-order chi connectivity index (χ1) is 4.74. The van der Waals surface area contributed by atoms with E-state index in [1.165, 1.54) is 5.57 Å². The lowest BCUT2D eigenvalue weighted by atomic mass is 10.2. The van der Waals surface area contributed by atoms with Crippen LogP contribution in [0, 0.1) is 0 Å². The third-order valence-electron chi connectivity index (χ3n) is 1.80. The minimum Gasteiger partial charge on any atom is -0.295 e. The highest BCUT2D eigenvalue weighted by molar-refractivity contribution is 5.96. The zero-order valence-corrected chi connectivity index (χ0v) is 6.48. The zero-order valence-electron chi connectivity index (χ0n) is 6.48. The normalized spacial score (nSPS) is 16.6. The standard InChI is InChI=1S/C9H12O/c1-3-8-4-5-9(6-8)7(2)10/h5-6H,3-4H2,1-2H3. The molecule has 0 bridgehead atoms. The molecule has 0 aromatic heterocycles. The first-order valence-electron chi connectivity index (χ1n) is 3.64. The maximum atomic E-state index is 10.8. The van der Waals surface area contributed by atoms with Crippen LogP contribution in [-0.4, -0.2) is 5.78 Å². The van der Waals surface area contributed by atoms with Crippen molar-refractivity contribution in [3.63, 3.8) is 0 Å². The van der Waals surface area contributed by atoms with Gasteiger partial charge in [-0.1, -0.05) is 24.6 Å². The molecule has 0 aliphatic heterocycles. The lowest BCUT2D eigenvalue weighted by Gasteiger charge is -1.90. The second kappa shape index (κ2) is 2.82. The third-order valence-corrected chi connectivity index (χ3v) is 1.80. The molecule has 0 unspecified atom stereocenters. The van der Waals surface area contributed by atoms with Gasteiger partial charge in [-0.15, -0.1) is 0 Å². The van der Waals surface area contributed by atoms with E-state index in [9.17, 15) is 4.79 Å². The first kappa shape index (κ1) is 7.26. The number of hydrogen-bond donors (Lipinski definition) is 0. The van der Waals surface area contributed by atoms with E-state index < -0.39 is 0 Å². The van der Waals surface area contributed by atoms with Crippen molar-refractivity contribution in [2.45, 2.75) is 26.7 Å². The maximum absolute atomic E-state index is 10.8. The van der Waals surface area contributed by atoms with E-state index in [4.69, 9.17) is 0 Å². The van der Waals surface area contributed by atoms with Crippen molar-refractivity contribution < 1.29 is 4.79 Å². The van der Waals surface area contributed by atoms with E-state index in [0.29, 0.717) is 0 Å². The van der Waals surface area contributed by atoms with Crippen LogP contribution in [0.15, 0.2) is 23.3 Å². The molecule has 0 spiro atoms. The summed E-state index contributed by atoms with van der Waals surface area (Å²) in [5.41, 5.74) is 2.25.